The van der Waals surface area contributed by atoms with E-state index in [9.17, 15) is 4.79 Å². The van der Waals surface area contributed by atoms with Gasteiger partial charge in [0.25, 0.3) is 5.91 Å². The number of methoxy groups -OCH3 is 1. The van der Waals surface area contributed by atoms with Gasteiger partial charge in [-0.1, -0.05) is 19.9 Å². The van der Waals surface area contributed by atoms with Crippen molar-refractivity contribution < 1.29 is 19.0 Å². The second kappa shape index (κ2) is 8.03. The van der Waals surface area contributed by atoms with E-state index in [1.165, 1.54) is 19.5 Å². The first-order valence-electron chi connectivity index (χ1n) is 8.71. The molecule has 1 aromatic carbocycles. The van der Waals surface area contributed by atoms with Crippen LogP contribution in [-0.2, 0) is 6.54 Å². The van der Waals surface area contributed by atoms with Gasteiger partial charge in [-0.25, -0.2) is 9.97 Å². The molecule has 0 bridgehead atoms. The van der Waals surface area contributed by atoms with Crippen LogP contribution in [0.3, 0.4) is 0 Å². The van der Waals surface area contributed by atoms with Crippen molar-refractivity contribution in [3.8, 4) is 17.5 Å². The summed E-state index contributed by atoms with van der Waals surface area (Å²) in [7, 11) is 1.49. The molecule has 0 aliphatic carbocycles. The van der Waals surface area contributed by atoms with Crippen molar-refractivity contribution >= 4 is 5.91 Å². The molecule has 26 heavy (non-hydrogen) atoms. The first-order chi connectivity index (χ1) is 12.7. The number of carbonyl (C=O) groups is 1. The molecule has 7 nitrogen and oxygen atoms in total. The Morgan fingerprint density at radius 1 is 1.19 bits per heavy atom. The summed E-state index contributed by atoms with van der Waals surface area (Å²) in [5, 5.41) is 0. The molecule has 0 saturated carbocycles. The van der Waals surface area contributed by atoms with Crippen LogP contribution in [0, 0.1) is 0 Å². The standard InChI is InChI=1S/C19H23N3O4/c1-4-15(5-2)22(18(23)14-9-20-19(24-3)21-10-14)11-13-6-7-16-17(8-13)26-12-25-16/h6-10,15H,4-5,11-12H2,1-3H3. The zero-order valence-electron chi connectivity index (χ0n) is 15.3. The van der Waals surface area contributed by atoms with Crippen LogP contribution in [0.5, 0.6) is 17.5 Å². The molecule has 0 spiro atoms. The van der Waals surface area contributed by atoms with Gasteiger partial charge in [0.2, 0.25) is 6.79 Å². The van der Waals surface area contributed by atoms with Gasteiger partial charge in [-0.05, 0) is 30.5 Å². The highest BCUT2D eigenvalue weighted by Crippen LogP contribution is 2.33. The predicted octanol–water partition coefficient (Wildman–Crippen LogP) is 3.04. The second-order valence-electron chi connectivity index (χ2n) is 6.05. The van der Waals surface area contributed by atoms with Gasteiger partial charge in [0, 0.05) is 25.0 Å². The minimum absolute atomic E-state index is 0.0981. The van der Waals surface area contributed by atoms with Crippen LogP contribution in [0.2, 0.25) is 0 Å². The van der Waals surface area contributed by atoms with Crippen LogP contribution in [0.1, 0.15) is 42.6 Å². The summed E-state index contributed by atoms with van der Waals surface area (Å²) in [6.45, 7) is 4.88. The zero-order valence-corrected chi connectivity index (χ0v) is 15.3. The first-order valence-corrected chi connectivity index (χ1v) is 8.71. The van der Waals surface area contributed by atoms with E-state index in [-0.39, 0.29) is 24.8 Å². The number of hydrogen-bond acceptors (Lipinski definition) is 6. The van der Waals surface area contributed by atoms with Gasteiger partial charge in [0.1, 0.15) is 0 Å². The Labute approximate surface area is 152 Å². The molecule has 1 aliphatic rings. The Balaban J connectivity index is 1.85. The fourth-order valence-corrected chi connectivity index (χ4v) is 3.03. The van der Waals surface area contributed by atoms with Crippen molar-refractivity contribution in [1.29, 1.82) is 0 Å². The first kappa shape index (κ1) is 18.0. The van der Waals surface area contributed by atoms with Gasteiger partial charge >= 0.3 is 6.01 Å². The number of fused-ring (bicyclic) bond motifs is 1. The maximum Gasteiger partial charge on any atom is 0.316 e. The summed E-state index contributed by atoms with van der Waals surface area (Å²) >= 11 is 0. The van der Waals surface area contributed by atoms with E-state index in [0.29, 0.717) is 17.9 Å². The van der Waals surface area contributed by atoms with Crippen molar-refractivity contribution in [3.05, 3.63) is 41.7 Å². The summed E-state index contributed by atoms with van der Waals surface area (Å²) in [4.78, 5) is 23.1. The van der Waals surface area contributed by atoms with Crippen molar-refractivity contribution in [2.45, 2.75) is 39.3 Å². The minimum Gasteiger partial charge on any atom is -0.467 e. The average molecular weight is 357 g/mol. The Morgan fingerprint density at radius 3 is 2.54 bits per heavy atom. The molecule has 2 heterocycles. The van der Waals surface area contributed by atoms with Gasteiger partial charge in [-0.2, -0.15) is 0 Å². The molecule has 0 radical (unpaired) electrons. The summed E-state index contributed by atoms with van der Waals surface area (Å²) in [5.41, 5.74) is 1.43. The lowest BCUT2D eigenvalue weighted by Gasteiger charge is -2.30. The molecule has 0 atom stereocenters. The fraction of sp³-hybridized carbons (Fsp3) is 0.421. The number of nitrogens with zero attached hydrogens (tertiary/aromatic N) is 3. The Morgan fingerprint density at radius 2 is 1.88 bits per heavy atom. The number of rotatable bonds is 7. The molecule has 7 heteroatoms. The molecule has 138 valence electrons. The molecule has 0 fully saturated rings. The van der Waals surface area contributed by atoms with E-state index in [4.69, 9.17) is 14.2 Å². The number of ether oxygens (including phenoxy) is 3. The molecule has 1 amide bonds. The van der Waals surface area contributed by atoms with Gasteiger partial charge < -0.3 is 19.1 Å². The summed E-state index contributed by atoms with van der Waals surface area (Å²) in [5.74, 6) is 1.35. The molecule has 0 unspecified atom stereocenters. The number of aromatic nitrogens is 2. The highest BCUT2D eigenvalue weighted by atomic mass is 16.7. The maximum absolute atomic E-state index is 13.1. The Kier molecular flexibility index (Phi) is 5.55. The second-order valence-corrected chi connectivity index (χ2v) is 6.05. The lowest BCUT2D eigenvalue weighted by Crippen LogP contribution is -2.39. The Hall–Kier alpha value is -2.83. The fourth-order valence-electron chi connectivity index (χ4n) is 3.03. The van der Waals surface area contributed by atoms with Gasteiger partial charge in [0.15, 0.2) is 11.5 Å². The third-order valence-corrected chi connectivity index (χ3v) is 4.49. The average Bonchev–Trinajstić information content (AvgIpc) is 3.15. The summed E-state index contributed by atoms with van der Waals surface area (Å²) in [6.07, 6.45) is 4.74. The largest absolute Gasteiger partial charge is 0.467 e. The van der Waals surface area contributed by atoms with Crippen molar-refractivity contribution in [1.82, 2.24) is 14.9 Å². The number of amides is 1. The van der Waals surface area contributed by atoms with Crippen molar-refractivity contribution in [3.63, 3.8) is 0 Å². The quantitative estimate of drug-likeness (QED) is 0.758. The topological polar surface area (TPSA) is 73.8 Å². The normalized spacial score (nSPS) is 12.3. The van der Waals surface area contributed by atoms with Crippen molar-refractivity contribution in [2.75, 3.05) is 13.9 Å². The molecular weight excluding hydrogens is 334 g/mol. The van der Waals surface area contributed by atoms with E-state index in [1.807, 2.05) is 23.1 Å². The zero-order chi connectivity index (χ0) is 18.5. The monoisotopic (exact) mass is 357 g/mol. The lowest BCUT2D eigenvalue weighted by atomic mass is 10.1. The molecule has 0 N–H and O–H groups in total. The van der Waals surface area contributed by atoms with Crippen LogP contribution < -0.4 is 14.2 Å². The highest BCUT2D eigenvalue weighted by molar-refractivity contribution is 5.93. The summed E-state index contributed by atoms with van der Waals surface area (Å²) in [6, 6.07) is 6.13. The number of hydrogen-bond donors (Lipinski definition) is 0. The van der Waals surface area contributed by atoms with Crippen LogP contribution in [0.15, 0.2) is 30.6 Å². The van der Waals surface area contributed by atoms with Crippen LogP contribution in [-0.4, -0.2) is 40.7 Å². The van der Waals surface area contributed by atoms with Crippen molar-refractivity contribution in [2.24, 2.45) is 0 Å². The maximum atomic E-state index is 13.1. The third-order valence-electron chi connectivity index (χ3n) is 4.49. The third kappa shape index (κ3) is 3.71. The molecule has 3 rings (SSSR count). The van der Waals surface area contributed by atoms with Gasteiger partial charge in [-0.3, -0.25) is 4.79 Å². The minimum atomic E-state index is -0.0981. The molecule has 1 aromatic heterocycles. The van der Waals surface area contributed by atoms with E-state index in [0.717, 1.165) is 24.2 Å². The molecule has 1 aliphatic heterocycles. The van der Waals surface area contributed by atoms with E-state index in [2.05, 4.69) is 23.8 Å². The lowest BCUT2D eigenvalue weighted by molar-refractivity contribution is 0.0648. The SMILES string of the molecule is CCC(CC)N(Cc1ccc2c(c1)OCO2)C(=O)c1cnc(OC)nc1. The van der Waals surface area contributed by atoms with Crippen LogP contribution >= 0.6 is 0 Å². The summed E-state index contributed by atoms with van der Waals surface area (Å²) < 4.78 is 15.8. The van der Waals surface area contributed by atoms with Gasteiger partial charge in [-0.15, -0.1) is 0 Å². The smallest absolute Gasteiger partial charge is 0.316 e. The van der Waals surface area contributed by atoms with E-state index >= 15 is 0 Å². The molecule has 0 saturated heterocycles. The highest BCUT2D eigenvalue weighted by Gasteiger charge is 2.24. The Bertz CT molecular complexity index is 760. The molecular formula is C19H23N3O4. The number of carbonyl (C=O) groups excluding carboxylic acids is 1. The van der Waals surface area contributed by atoms with Crippen LogP contribution in [0.25, 0.3) is 0 Å². The van der Waals surface area contributed by atoms with Gasteiger partial charge in [0.05, 0.1) is 12.7 Å². The van der Waals surface area contributed by atoms with E-state index in [1.54, 1.807) is 0 Å². The van der Waals surface area contributed by atoms with E-state index < -0.39 is 0 Å². The number of benzene rings is 1. The predicted molar refractivity (Wildman–Crippen MR) is 95.4 cm³/mol. The molecule has 2 aromatic rings. The van der Waals surface area contributed by atoms with Crippen LogP contribution in [0.4, 0.5) is 0 Å².